The molecule has 1 aliphatic heterocycles. The molecular weight excluding hydrogens is 302 g/mol. The molecule has 1 amide bonds. The van der Waals surface area contributed by atoms with Gasteiger partial charge in [-0.3, -0.25) is 14.9 Å². The van der Waals surface area contributed by atoms with E-state index < -0.39 is 4.92 Å². The number of amides is 1. The van der Waals surface area contributed by atoms with Gasteiger partial charge in [-0.1, -0.05) is 41.7 Å². The molecule has 1 aromatic carbocycles. The quantitative estimate of drug-likeness (QED) is 0.694. The van der Waals surface area contributed by atoms with E-state index in [9.17, 15) is 14.9 Å². The van der Waals surface area contributed by atoms with E-state index in [2.05, 4.69) is 0 Å². The van der Waals surface area contributed by atoms with Crippen molar-refractivity contribution in [1.82, 2.24) is 4.90 Å². The molecule has 1 aromatic heterocycles. The highest BCUT2D eigenvalue weighted by Gasteiger charge is 2.34. The van der Waals surface area contributed by atoms with Gasteiger partial charge in [-0.2, -0.15) is 0 Å². The average molecular weight is 317 g/mol. The van der Waals surface area contributed by atoms with E-state index in [-0.39, 0.29) is 22.9 Å². The van der Waals surface area contributed by atoms with Crippen LogP contribution < -0.4 is 5.73 Å². The zero-order valence-electron chi connectivity index (χ0n) is 11.7. The van der Waals surface area contributed by atoms with Gasteiger partial charge in [-0.25, -0.2) is 0 Å². The molecule has 0 spiro atoms. The second kappa shape index (κ2) is 5.86. The van der Waals surface area contributed by atoms with Gasteiger partial charge in [0.05, 0.1) is 10.5 Å². The summed E-state index contributed by atoms with van der Waals surface area (Å²) in [4.78, 5) is 24.4. The molecule has 6 nitrogen and oxygen atoms in total. The number of carbonyl (C=O) groups is 1. The first-order chi connectivity index (χ1) is 10.6. The number of hydrogen-bond acceptors (Lipinski definition) is 5. The lowest BCUT2D eigenvalue weighted by atomic mass is 9.95. The fraction of sp³-hybridized carbons (Fsp3) is 0.267. The minimum atomic E-state index is -0.482. The summed E-state index contributed by atoms with van der Waals surface area (Å²) in [5.74, 6) is -0.1000. The zero-order chi connectivity index (χ0) is 15.7. The third-order valence-electron chi connectivity index (χ3n) is 3.89. The van der Waals surface area contributed by atoms with Crippen LogP contribution >= 0.6 is 11.3 Å². The number of rotatable bonds is 3. The molecule has 2 N–H and O–H groups in total. The molecule has 0 bridgehead atoms. The van der Waals surface area contributed by atoms with E-state index in [1.807, 2.05) is 30.3 Å². The Hall–Kier alpha value is -2.25. The van der Waals surface area contributed by atoms with Crippen LogP contribution in [0.1, 0.15) is 21.8 Å². The lowest BCUT2D eigenvalue weighted by Crippen LogP contribution is -2.32. The largest absolute Gasteiger partial charge is 0.336 e. The summed E-state index contributed by atoms with van der Waals surface area (Å²) in [7, 11) is 0. The van der Waals surface area contributed by atoms with Gasteiger partial charge in [-0.05, 0) is 5.56 Å². The Labute approximate surface area is 131 Å². The molecule has 1 aliphatic rings. The molecule has 114 valence electrons. The minimum absolute atomic E-state index is 0.0218. The highest BCUT2D eigenvalue weighted by molar-refractivity contribution is 7.13. The molecule has 0 saturated carbocycles. The van der Waals surface area contributed by atoms with Gasteiger partial charge in [0.25, 0.3) is 5.91 Å². The van der Waals surface area contributed by atoms with Crippen molar-refractivity contribution in [2.45, 2.75) is 12.0 Å². The first kappa shape index (κ1) is 14.7. The number of nitrogens with zero attached hydrogens (tertiary/aromatic N) is 2. The van der Waals surface area contributed by atoms with Gasteiger partial charge in [0.15, 0.2) is 0 Å². The van der Waals surface area contributed by atoms with Gasteiger partial charge < -0.3 is 10.6 Å². The van der Waals surface area contributed by atoms with E-state index in [1.165, 1.54) is 11.4 Å². The van der Waals surface area contributed by atoms with Crippen LogP contribution in [0.4, 0.5) is 5.00 Å². The predicted molar refractivity (Wildman–Crippen MR) is 84.0 cm³/mol. The Bertz CT molecular complexity index is 701. The van der Waals surface area contributed by atoms with Crippen molar-refractivity contribution in [2.75, 3.05) is 13.1 Å². The molecule has 22 heavy (non-hydrogen) atoms. The number of hydrogen-bond donors (Lipinski definition) is 1. The van der Waals surface area contributed by atoms with Crippen molar-refractivity contribution in [2.24, 2.45) is 5.73 Å². The van der Waals surface area contributed by atoms with Gasteiger partial charge in [0.1, 0.15) is 0 Å². The van der Waals surface area contributed by atoms with Crippen molar-refractivity contribution in [3.8, 4) is 0 Å². The Balaban J connectivity index is 1.76. The average Bonchev–Trinajstić information content (AvgIpc) is 3.14. The van der Waals surface area contributed by atoms with Crippen LogP contribution in [0.15, 0.2) is 41.8 Å². The predicted octanol–water partition coefficient (Wildman–Crippen LogP) is 2.22. The normalized spacial score (nSPS) is 21.0. The first-order valence-electron chi connectivity index (χ1n) is 6.89. The maximum atomic E-state index is 12.5. The summed E-state index contributed by atoms with van der Waals surface area (Å²) < 4.78 is 0. The van der Waals surface area contributed by atoms with E-state index in [4.69, 9.17) is 5.73 Å². The molecule has 2 heterocycles. The summed E-state index contributed by atoms with van der Waals surface area (Å²) >= 11 is 0.965. The topological polar surface area (TPSA) is 89.5 Å². The third-order valence-corrected chi connectivity index (χ3v) is 4.77. The van der Waals surface area contributed by atoms with Crippen LogP contribution in [-0.4, -0.2) is 34.9 Å². The van der Waals surface area contributed by atoms with Gasteiger partial charge in [-0.15, -0.1) is 0 Å². The van der Waals surface area contributed by atoms with Crippen LogP contribution in [-0.2, 0) is 0 Å². The Morgan fingerprint density at radius 1 is 1.32 bits per heavy atom. The Morgan fingerprint density at radius 3 is 2.68 bits per heavy atom. The fourth-order valence-corrected chi connectivity index (χ4v) is 3.46. The lowest BCUT2D eigenvalue weighted by Gasteiger charge is -2.15. The van der Waals surface area contributed by atoms with E-state index >= 15 is 0 Å². The van der Waals surface area contributed by atoms with Crippen LogP contribution in [0.3, 0.4) is 0 Å². The second-order valence-corrected chi connectivity index (χ2v) is 6.21. The monoisotopic (exact) mass is 317 g/mol. The molecule has 1 saturated heterocycles. The second-order valence-electron chi connectivity index (χ2n) is 5.32. The van der Waals surface area contributed by atoms with Gasteiger partial charge >= 0.3 is 5.00 Å². The van der Waals surface area contributed by atoms with E-state index in [0.717, 1.165) is 16.9 Å². The van der Waals surface area contributed by atoms with Crippen molar-refractivity contribution >= 4 is 22.2 Å². The zero-order valence-corrected chi connectivity index (χ0v) is 12.5. The number of carbonyl (C=O) groups excluding carboxylic acids is 1. The molecule has 2 aromatic rings. The molecule has 0 radical (unpaired) electrons. The maximum absolute atomic E-state index is 12.5. The van der Waals surface area contributed by atoms with Crippen molar-refractivity contribution < 1.29 is 9.72 Å². The van der Waals surface area contributed by atoms with Gasteiger partial charge in [0.2, 0.25) is 0 Å². The van der Waals surface area contributed by atoms with Crippen LogP contribution in [0.5, 0.6) is 0 Å². The number of benzene rings is 1. The SMILES string of the molecule is N[C@@H]1CN(C(=O)c2csc([N+](=O)[O-])c2)C[C@H]1c1ccccc1. The Kier molecular flexibility index (Phi) is 3.91. The number of likely N-dealkylation sites (tertiary alicyclic amines) is 1. The highest BCUT2D eigenvalue weighted by atomic mass is 32.1. The summed E-state index contributed by atoms with van der Waals surface area (Å²) in [6.45, 7) is 0.996. The smallest absolute Gasteiger partial charge is 0.324 e. The maximum Gasteiger partial charge on any atom is 0.324 e. The molecule has 3 rings (SSSR count). The minimum Gasteiger partial charge on any atom is -0.336 e. The van der Waals surface area contributed by atoms with E-state index in [1.54, 1.807) is 4.90 Å². The molecule has 1 fully saturated rings. The van der Waals surface area contributed by atoms with E-state index in [0.29, 0.717) is 18.7 Å². The summed E-state index contributed by atoms with van der Waals surface area (Å²) in [6, 6.07) is 11.1. The molecule has 0 aliphatic carbocycles. The van der Waals surface area contributed by atoms with Crippen LogP contribution in [0.25, 0.3) is 0 Å². The van der Waals surface area contributed by atoms with Crippen molar-refractivity contribution in [3.05, 3.63) is 63.0 Å². The first-order valence-corrected chi connectivity index (χ1v) is 7.77. The number of thiophene rings is 1. The summed E-state index contributed by atoms with van der Waals surface area (Å²) in [5.41, 5.74) is 7.64. The lowest BCUT2D eigenvalue weighted by molar-refractivity contribution is -0.380. The van der Waals surface area contributed by atoms with Crippen LogP contribution in [0.2, 0.25) is 0 Å². The third kappa shape index (κ3) is 2.72. The van der Waals surface area contributed by atoms with Gasteiger partial charge in [0, 0.05) is 36.5 Å². The molecule has 2 atom stereocenters. The summed E-state index contributed by atoms with van der Waals surface area (Å²) in [6.07, 6.45) is 0. The van der Waals surface area contributed by atoms with Crippen molar-refractivity contribution in [3.63, 3.8) is 0 Å². The highest BCUT2D eigenvalue weighted by Crippen LogP contribution is 2.29. The van der Waals surface area contributed by atoms with Crippen molar-refractivity contribution in [1.29, 1.82) is 0 Å². The molecule has 7 heteroatoms. The number of nitrogens with two attached hydrogens (primary N) is 1. The molecule has 0 unspecified atom stereocenters. The Morgan fingerprint density at radius 2 is 2.05 bits per heavy atom. The van der Waals surface area contributed by atoms with Crippen LogP contribution in [0, 0.1) is 10.1 Å². The summed E-state index contributed by atoms with van der Waals surface area (Å²) in [5, 5.41) is 12.2. The molecular formula is C15H15N3O3S. The number of nitro groups is 1. The fourth-order valence-electron chi connectivity index (χ4n) is 2.76. The standard InChI is InChI=1S/C15H15N3O3S/c16-13-8-17(7-12(13)10-4-2-1-3-5-10)15(19)11-6-14(18(20)21)22-9-11/h1-6,9,12-13H,7-8,16H2/t12-,13+/m0/s1.